The zero-order valence-corrected chi connectivity index (χ0v) is 6.23. The molecule has 0 unspecified atom stereocenters. The first-order chi connectivity index (χ1) is 4.76. The lowest BCUT2D eigenvalue weighted by atomic mass is 10.4. The maximum Gasteiger partial charge on any atom is 0.164 e. The van der Waals surface area contributed by atoms with Crippen LogP contribution < -0.4 is 0 Å². The number of hydrogen-bond donors (Lipinski definition) is 0. The van der Waals surface area contributed by atoms with Gasteiger partial charge in [-0.3, -0.25) is 0 Å². The largest absolute Gasteiger partial charge is 0.494 e. The van der Waals surface area contributed by atoms with Crippen LogP contribution in [0.3, 0.4) is 0 Å². The Morgan fingerprint density at radius 2 is 2.20 bits per heavy atom. The average molecular weight is 142 g/mol. The summed E-state index contributed by atoms with van der Waals surface area (Å²) in [5.41, 5.74) is 0. The minimum Gasteiger partial charge on any atom is -0.494 e. The standard InChI is InChI=1S/C8H11FO/c1-4-6-7(9)8(5-2)10-3/h4-6H,2H2,1,3H3/b6-4-,8-7-. The lowest BCUT2D eigenvalue weighted by Crippen LogP contribution is -1.83. The van der Waals surface area contributed by atoms with Gasteiger partial charge in [-0.15, -0.1) is 0 Å². The summed E-state index contributed by atoms with van der Waals surface area (Å²) < 4.78 is 17.3. The van der Waals surface area contributed by atoms with Crippen LogP contribution >= 0.6 is 0 Å². The van der Waals surface area contributed by atoms with Crippen LogP contribution in [0.25, 0.3) is 0 Å². The number of rotatable bonds is 3. The van der Waals surface area contributed by atoms with Gasteiger partial charge in [0, 0.05) is 0 Å². The van der Waals surface area contributed by atoms with E-state index in [9.17, 15) is 4.39 Å². The third kappa shape index (κ3) is 2.49. The lowest BCUT2D eigenvalue weighted by Gasteiger charge is -1.97. The van der Waals surface area contributed by atoms with E-state index in [4.69, 9.17) is 0 Å². The monoisotopic (exact) mass is 142 g/mol. The zero-order valence-electron chi connectivity index (χ0n) is 6.23. The van der Waals surface area contributed by atoms with Crippen molar-refractivity contribution in [2.24, 2.45) is 0 Å². The number of hydrogen-bond acceptors (Lipinski definition) is 1. The smallest absolute Gasteiger partial charge is 0.164 e. The van der Waals surface area contributed by atoms with Crippen LogP contribution in [0, 0.1) is 0 Å². The zero-order chi connectivity index (χ0) is 7.98. The van der Waals surface area contributed by atoms with Crippen molar-refractivity contribution in [2.75, 3.05) is 7.11 Å². The molecule has 0 aromatic heterocycles. The molecule has 10 heavy (non-hydrogen) atoms. The second kappa shape index (κ2) is 4.79. The summed E-state index contributed by atoms with van der Waals surface area (Å²) in [6, 6.07) is 0. The van der Waals surface area contributed by atoms with E-state index in [0.717, 1.165) is 0 Å². The molecular formula is C8H11FO. The van der Waals surface area contributed by atoms with Gasteiger partial charge in [0.15, 0.2) is 11.6 Å². The summed E-state index contributed by atoms with van der Waals surface area (Å²) >= 11 is 0. The van der Waals surface area contributed by atoms with Gasteiger partial charge in [0.25, 0.3) is 0 Å². The van der Waals surface area contributed by atoms with Crippen LogP contribution in [0.1, 0.15) is 6.92 Å². The van der Waals surface area contributed by atoms with E-state index in [1.165, 1.54) is 19.3 Å². The molecule has 0 N–H and O–H groups in total. The number of ether oxygens (including phenoxy) is 1. The van der Waals surface area contributed by atoms with Crippen LogP contribution in [-0.4, -0.2) is 7.11 Å². The van der Waals surface area contributed by atoms with Gasteiger partial charge in [0.05, 0.1) is 7.11 Å². The Balaban J connectivity index is 4.42. The second-order valence-corrected chi connectivity index (χ2v) is 1.62. The summed E-state index contributed by atoms with van der Waals surface area (Å²) in [5, 5.41) is 0. The van der Waals surface area contributed by atoms with E-state index >= 15 is 0 Å². The minimum atomic E-state index is -0.403. The summed E-state index contributed by atoms with van der Waals surface area (Å²) in [5.74, 6) is -0.238. The highest BCUT2D eigenvalue weighted by molar-refractivity contribution is 5.21. The fourth-order valence-electron chi connectivity index (χ4n) is 0.507. The molecule has 0 saturated carbocycles. The van der Waals surface area contributed by atoms with Gasteiger partial charge in [-0.1, -0.05) is 12.7 Å². The first kappa shape index (κ1) is 8.95. The number of halogens is 1. The van der Waals surface area contributed by atoms with Crippen LogP contribution in [-0.2, 0) is 4.74 Å². The van der Waals surface area contributed by atoms with Gasteiger partial charge >= 0.3 is 0 Å². The predicted molar refractivity (Wildman–Crippen MR) is 40.2 cm³/mol. The molecule has 0 atom stereocenters. The molecule has 0 aliphatic heterocycles. The Morgan fingerprint density at radius 1 is 1.60 bits per heavy atom. The molecule has 0 heterocycles. The minimum absolute atomic E-state index is 0.165. The highest BCUT2D eigenvalue weighted by atomic mass is 19.1. The fraction of sp³-hybridized carbons (Fsp3) is 0.250. The Kier molecular flexibility index (Phi) is 4.29. The van der Waals surface area contributed by atoms with Crippen molar-refractivity contribution in [3.8, 4) is 0 Å². The molecule has 0 radical (unpaired) electrons. The number of allylic oxidation sites excluding steroid dienone is 4. The lowest BCUT2D eigenvalue weighted by molar-refractivity contribution is 0.293. The van der Waals surface area contributed by atoms with E-state index in [1.807, 2.05) is 0 Å². The van der Waals surface area contributed by atoms with Gasteiger partial charge in [0.2, 0.25) is 0 Å². The fourth-order valence-corrected chi connectivity index (χ4v) is 0.507. The van der Waals surface area contributed by atoms with Crippen molar-refractivity contribution in [1.82, 2.24) is 0 Å². The highest BCUT2D eigenvalue weighted by Crippen LogP contribution is 2.08. The Labute approximate surface area is 60.5 Å². The molecule has 0 aliphatic carbocycles. The first-order valence-corrected chi connectivity index (χ1v) is 2.95. The third-order valence-corrected chi connectivity index (χ3v) is 0.954. The summed E-state index contributed by atoms with van der Waals surface area (Å²) in [6.07, 6.45) is 4.24. The molecule has 0 saturated heterocycles. The normalized spacial score (nSPS) is 13.1. The van der Waals surface area contributed by atoms with Crippen LogP contribution in [0.15, 0.2) is 36.4 Å². The molecule has 0 aliphatic rings. The van der Waals surface area contributed by atoms with Crippen molar-refractivity contribution in [2.45, 2.75) is 6.92 Å². The molecule has 0 rings (SSSR count). The van der Waals surface area contributed by atoms with E-state index in [2.05, 4.69) is 11.3 Å². The first-order valence-electron chi connectivity index (χ1n) is 2.95. The predicted octanol–water partition coefficient (Wildman–Crippen LogP) is 2.58. The van der Waals surface area contributed by atoms with Gasteiger partial charge in [-0.2, -0.15) is 0 Å². The molecule has 0 amide bonds. The van der Waals surface area contributed by atoms with Crippen LogP contribution in [0.2, 0.25) is 0 Å². The quantitative estimate of drug-likeness (QED) is 0.434. The maximum absolute atomic E-state index is 12.7. The van der Waals surface area contributed by atoms with Crippen molar-refractivity contribution < 1.29 is 9.13 Å². The average Bonchev–Trinajstić information content (AvgIpc) is 1.91. The molecule has 0 bridgehead atoms. The van der Waals surface area contributed by atoms with Gasteiger partial charge in [0.1, 0.15) is 0 Å². The Morgan fingerprint density at radius 3 is 2.50 bits per heavy atom. The van der Waals surface area contributed by atoms with Gasteiger partial charge in [-0.25, -0.2) is 4.39 Å². The number of methoxy groups -OCH3 is 1. The van der Waals surface area contributed by atoms with Crippen LogP contribution in [0.4, 0.5) is 4.39 Å². The molecule has 0 spiro atoms. The van der Waals surface area contributed by atoms with Gasteiger partial charge < -0.3 is 4.74 Å². The van der Waals surface area contributed by atoms with E-state index in [-0.39, 0.29) is 5.76 Å². The van der Waals surface area contributed by atoms with Crippen molar-refractivity contribution in [3.63, 3.8) is 0 Å². The highest BCUT2D eigenvalue weighted by Gasteiger charge is 1.96. The molecule has 0 fully saturated rings. The van der Waals surface area contributed by atoms with E-state index < -0.39 is 5.83 Å². The summed E-state index contributed by atoms with van der Waals surface area (Å²) in [6.45, 7) is 5.11. The summed E-state index contributed by atoms with van der Waals surface area (Å²) in [4.78, 5) is 0. The molecular weight excluding hydrogens is 131 g/mol. The van der Waals surface area contributed by atoms with Crippen LogP contribution in [0.5, 0.6) is 0 Å². The molecule has 0 aromatic carbocycles. The Bertz CT molecular complexity index is 168. The van der Waals surface area contributed by atoms with Crippen molar-refractivity contribution >= 4 is 0 Å². The maximum atomic E-state index is 12.7. The van der Waals surface area contributed by atoms with E-state index in [1.54, 1.807) is 13.0 Å². The molecule has 2 heteroatoms. The van der Waals surface area contributed by atoms with Gasteiger partial charge in [-0.05, 0) is 19.1 Å². The molecule has 1 nitrogen and oxygen atoms in total. The Hall–Kier alpha value is -1.05. The third-order valence-electron chi connectivity index (χ3n) is 0.954. The molecule has 0 aromatic rings. The van der Waals surface area contributed by atoms with Crippen molar-refractivity contribution in [1.29, 1.82) is 0 Å². The second-order valence-electron chi connectivity index (χ2n) is 1.62. The van der Waals surface area contributed by atoms with Crippen molar-refractivity contribution in [3.05, 3.63) is 36.4 Å². The SMILES string of the molecule is C=C/C(OC)=C(F)\C=C/C. The summed E-state index contributed by atoms with van der Waals surface area (Å²) in [7, 11) is 1.40. The topological polar surface area (TPSA) is 9.23 Å². The molecule has 56 valence electrons. The van der Waals surface area contributed by atoms with E-state index in [0.29, 0.717) is 0 Å².